The number of pyridine rings is 2. The Balaban J connectivity index is 1.69. The molecule has 1 unspecified atom stereocenters. The number of fused-ring (bicyclic) bond motifs is 1. The van der Waals surface area contributed by atoms with Gasteiger partial charge in [0.2, 0.25) is 0 Å². The highest BCUT2D eigenvalue weighted by Gasteiger charge is 2.15. The van der Waals surface area contributed by atoms with Crippen molar-refractivity contribution in [2.75, 3.05) is 11.9 Å². The Kier molecular flexibility index (Phi) is 6.09. The van der Waals surface area contributed by atoms with Crippen LogP contribution >= 0.6 is 0 Å². The van der Waals surface area contributed by atoms with Gasteiger partial charge in [-0.3, -0.25) is 0 Å². The standard InChI is InChI=1S/C22H25N9O/c1-14(2)27-19-7-21(31-22-17(10-26-31)6-16(8-23)9-25-22)24-11-20(19)30-12-18(28-29-30)5-4-15(3)13-32/h6-7,9-12,14-15,32H,4-5,13H2,1-3H3,(H,24,27). The number of nitrogens with one attached hydrogen (secondary N) is 1. The van der Waals surface area contributed by atoms with Crippen LogP contribution in [0.3, 0.4) is 0 Å². The first-order chi connectivity index (χ1) is 15.5. The predicted octanol–water partition coefficient (Wildman–Crippen LogP) is 2.65. The van der Waals surface area contributed by atoms with Crippen LogP contribution in [0.25, 0.3) is 22.5 Å². The monoisotopic (exact) mass is 431 g/mol. The summed E-state index contributed by atoms with van der Waals surface area (Å²) in [4.78, 5) is 8.97. The molecule has 0 bridgehead atoms. The second-order valence-corrected chi connectivity index (χ2v) is 8.14. The van der Waals surface area contributed by atoms with Crippen molar-refractivity contribution in [3.63, 3.8) is 0 Å². The smallest absolute Gasteiger partial charge is 0.164 e. The first kappa shape index (κ1) is 21.4. The third-order valence-corrected chi connectivity index (χ3v) is 5.06. The van der Waals surface area contributed by atoms with Crippen LogP contribution in [0, 0.1) is 17.2 Å². The summed E-state index contributed by atoms with van der Waals surface area (Å²) in [6, 6.07) is 5.93. The summed E-state index contributed by atoms with van der Waals surface area (Å²) in [7, 11) is 0. The zero-order chi connectivity index (χ0) is 22.7. The molecule has 4 heterocycles. The van der Waals surface area contributed by atoms with Gasteiger partial charge in [0.05, 0.1) is 35.5 Å². The Morgan fingerprint density at radius 1 is 1.16 bits per heavy atom. The van der Waals surface area contributed by atoms with Gasteiger partial charge in [0.1, 0.15) is 11.8 Å². The van der Waals surface area contributed by atoms with Gasteiger partial charge in [-0.05, 0) is 38.7 Å². The van der Waals surface area contributed by atoms with Crippen LogP contribution in [0.4, 0.5) is 5.69 Å². The SMILES string of the molecule is CC(CO)CCc1cn(-c2cnc(-n3ncc4cc(C#N)cnc43)cc2NC(C)C)nn1. The highest BCUT2D eigenvalue weighted by atomic mass is 16.3. The summed E-state index contributed by atoms with van der Waals surface area (Å²) < 4.78 is 3.36. The average Bonchev–Trinajstić information content (AvgIpc) is 3.43. The molecule has 0 saturated carbocycles. The van der Waals surface area contributed by atoms with Gasteiger partial charge >= 0.3 is 0 Å². The molecule has 1 atom stereocenters. The molecule has 164 valence electrons. The van der Waals surface area contributed by atoms with Gasteiger partial charge in [0.25, 0.3) is 0 Å². The molecule has 32 heavy (non-hydrogen) atoms. The lowest BCUT2D eigenvalue weighted by molar-refractivity contribution is 0.230. The average molecular weight is 432 g/mol. The number of anilines is 1. The second kappa shape index (κ2) is 9.11. The molecule has 4 aromatic heterocycles. The lowest BCUT2D eigenvalue weighted by Gasteiger charge is -2.15. The molecule has 0 fully saturated rings. The summed E-state index contributed by atoms with van der Waals surface area (Å²) in [6.45, 7) is 6.28. The number of aryl methyl sites for hydroxylation is 1. The Bertz CT molecular complexity index is 1270. The molecule has 4 aromatic rings. The van der Waals surface area contributed by atoms with Gasteiger partial charge in [0, 0.05) is 30.3 Å². The molecule has 0 aliphatic carbocycles. The maximum absolute atomic E-state index is 9.23. The van der Waals surface area contributed by atoms with Crippen molar-refractivity contribution < 1.29 is 5.11 Å². The first-order valence-electron chi connectivity index (χ1n) is 10.5. The molecule has 0 amide bonds. The van der Waals surface area contributed by atoms with E-state index in [0.717, 1.165) is 35.3 Å². The van der Waals surface area contributed by atoms with Crippen molar-refractivity contribution in [1.29, 1.82) is 5.26 Å². The van der Waals surface area contributed by atoms with E-state index in [9.17, 15) is 5.11 Å². The van der Waals surface area contributed by atoms with E-state index in [-0.39, 0.29) is 18.6 Å². The van der Waals surface area contributed by atoms with Crippen LogP contribution in [-0.4, -0.2) is 52.5 Å². The molecule has 0 aromatic carbocycles. The fourth-order valence-electron chi connectivity index (χ4n) is 3.33. The molecule has 10 heteroatoms. The summed E-state index contributed by atoms with van der Waals surface area (Å²) in [5, 5.41) is 35.5. The fourth-order valence-corrected chi connectivity index (χ4v) is 3.33. The number of hydrogen-bond acceptors (Lipinski definition) is 8. The zero-order valence-electron chi connectivity index (χ0n) is 18.3. The van der Waals surface area contributed by atoms with Crippen LogP contribution in [0.5, 0.6) is 0 Å². The number of aromatic nitrogens is 7. The summed E-state index contributed by atoms with van der Waals surface area (Å²) >= 11 is 0. The number of hydrogen-bond donors (Lipinski definition) is 2. The van der Waals surface area contributed by atoms with Crippen molar-refractivity contribution in [2.45, 2.75) is 39.7 Å². The maximum Gasteiger partial charge on any atom is 0.164 e. The van der Waals surface area contributed by atoms with Gasteiger partial charge in [-0.15, -0.1) is 5.10 Å². The normalized spacial score (nSPS) is 12.2. The number of nitrogens with zero attached hydrogens (tertiary/aromatic N) is 8. The lowest BCUT2D eigenvalue weighted by Crippen LogP contribution is -2.14. The minimum atomic E-state index is 0.163. The van der Waals surface area contributed by atoms with E-state index in [1.54, 1.807) is 27.8 Å². The lowest BCUT2D eigenvalue weighted by atomic mass is 10.1. The predicted molar refractivity (Wildman–Crippen MR) is 120 cm³/mol. The van der Waals surface area contributed by atoms with Gasteiger partial charge in [0.15, 0.2) is 11.5 Å². The number of rotatable bonds is 8. The van der Waals surface area contributed by atoms with Crippen molar-refractivity contribution in [2.24, 2.45) is 5.92 Å². The Morgan fingerprint density at radius 2 is 2.00 bits per heavy atom. The highest BCUT2D eigenvalue weighted by Crippen LogP contribution is 2.24. The Morgan fingerprint density at radius 3 is 2.75 bits per heavy atom. The third-order valence-electron chi connectivity index (χ3n) is 5.06. The van der Waals surface area contributed by atoms with E-state index in [0.29, 0.717) is 17.0 Å². The minimum Gasteiger partial charge on any atom is -0.396 e. The molecule has 0 saturated heterocycles. The number of aliphatic hydroxyl groups is 1. The molecule has 0 spiro atoms. The van der Waals surface area contributed by atoms with E-state index in [1.165, 1.54) is 6.20 Å². The topological polar surface area (TPSA) is 130 Å². The van der Waals surface area contributed by atoms with Crippen molar-refractivity contribution >= 4 is 16.7 Å². The van der Waals surface area contributed by atoms with Crippen LogP contribution < -0.4 is 5.32 Å². The molecule has 0 aliphatic rings. The maximum atomic E-state index is 9.23. The molecule has 0 radical (unpaired) electrons. The van der Waals surface area contributed by atoms with E-state index in [2.05, 4.69) is 50.6 Å². The summed E-state index contributed by atoms with van der Waals surface area (Å²) in [5.41, 5.74) is 3.58. The minimum absolute atomic E-state index is 0.163. The van der Waals surface area contributed by atoms with Gasteiger partial charge in [-0.1, -0.05) is 12.1 Å². The zero-order valence-corrected chi connectivity index (χ0v) is 18.3. The summed E-state index contributed by atoms with van der Waals surface area (Å²) in [5.74, 6) is 0.822. The highest BCUT2D eigenvalue weighted by molar-refractivity contribution is 5.77. The number of nitriles is 1. The molecule has 10 nitrogen and oxygen atoms in total. The van der Waals surface area contributed by atoms with Crippen molar-refractivity contribution in [3.05, 3.63) is 48.2 Å². The molecule has 4 rings (SSSR count). The third kappa shape index (κ3) is 4.43. The van der Waals surface area contributed by atoms with E-state index in [4.69, 9.17) is 5.26 Å². The van der Waals surface area contributed by atoms with Crippen molar-refractivity contribution in [3.8, 4) is 17.6 Å². The number of aliphatic hydroxyl groups excluding tert-OH is 1. The molecular formula is C22H25N9O. The van der Waals surface area contributed by atoms with Crippen LogP contribution in [0.15, 0.2) is 36.9 Å². The molecule has 2 N–H and O–H groups in total. The van der Waals surface area contributed by atoms with Gasteiger partial charge < -0.3 is 10.4 Å². The van der Waals surface area contributed by atoms with Crippen LogP contribution in [-0.2, 0) is 6.42 Å². The molecule has 0 aliphatic heterocycles. The van der Waals surface area contributed by atoms with E-state index in [1.807, 2.05) is 19.2 Å². The van der Waals surface area contributed by atoms with Gasteiger partial charge in [-0.2, -0.15) is 15.0 Å². The Hall–Kier alpha value is -3.84. The molecular weight excluding hydrogens is 406 g/mol. The van der Waals surface area contributed by atoms with E-state index < -0.39 is 0 Å². The first-order valence-corrected chi connectivity index (χ1v) is 10.5. The Labute approximate surface area is 185 Å². The van der Waals surface area contributed by atoms with Crippen molar-refractivity contribution in [1.82, 2.24) is 34.7 Å². The second-order valence-electron chi connectivity index (χ2n) is 8.14. The quantitative estimate of drug-likeness (QED) is 0.435. The van der Waals surface area contributed by atoms with Crippen LogP contribution in [0.2, 0.25) is 0 Å². The fraction of sp³-hybridized carbons (Fsp3) is 0.364. The van der Waals surface area contributed by atoms with Crippen LogP contribution in [0.1, 0.15) is 38.4 Å². The van der Waals surface area contributed by atoms with Gasteiger partial charge in [-0.25, -0.2) is 14.6 Å². The summed E-state index contributed by atoms with van der Waals surface area (Å²) in [6.07, 6.45) is 8.40. The van der Waals surface area contributed by atoms with E-state index >= 15 is 0 Å². The largest absolute Gasteiger partial charge is 0.396 e.